The highest BCUT2D eigenvalue weighted by molar-refractivity contribution is 14.1. The number of benzene rings is 1. The van der Waals surface area contributed by atoms with Gasteiger partial charge in [0, 0.05) is 3.57 Å². The average molecular weight is 305 g/mol. The molecule has 14 heavy (non-hydrogen) atoms. The second-order valence-electron chi connectivity index (χ2n) is 4.00. The van der Waals surface area contributed by atoms with E-state index in [9.17, 15) is 5.11 Å². The first-order valence-corrected chi connectivity index (χ1v) is 5.63. The van der Waals surface area contributed by atoms with Gasteiger partial charge in [-0.2, -0.15) is 0 Å². The van der Waals surface area contributed by atoms with Gasteiger partial charge in [-0.15, -0.1) is 0 Å². The molecule has 0 aliphatic heterocycles. The van der Waals surface area contributed by atoms with Crippen molar-refractivity contribution < 1.29 is 5.11 Å². The molecule has 0 aliphatic rings. The van der Waals surface area contributed by atoms with Crippen molar-refractivity contribution in [3.05, 3.63) is 32.4 Å². The summed E-state index contributed by atoms with van der Waals surface area (Å²) >= 11 is 2.32. The second-order valence-corrected chi connectivity index (χ2v) is 5.08. The molecule has 1 unspecified atom stereocenters. The van der Waals surface area contributed by atoms with Gasteiger partial charge in [-0.05, 0) is 60.1 Å². The predicted molar refractivity (Wildman–Crippen MR) is 67.3 cm³/mol. The summed E-state index contributed by atoms with van der Waals surface area (Å²) in [5, 5.41) is 9.17. The third-order valence-electron chi connectivity index (χ3n) is 2.42. The molecule has 0 fully saturated rings. The SMILES string of the molecule is Cc1cc(C(C)(N)CO)cc(C)c1I. The van der Waals surface area contributed by atoms with Gasteiger partial charge in [-0.25, -0.2) is 0 Å². The van der Waals surface area contributed by atoms with Gasteiger partial charge in [0.15, 0.2) is 0 Å². The second kappa shape index (κ2) is 4.16. The smallest absolute Gasteiger partial charge is 0.0650 e. The van der Waals surface area contributed by atoms with Gasteiger partial charge in [0.2, 0.25) is 0 Å². The molecule has 0 bridgehead atoms. The minimum Gasteiger partial charge on any atom is -0.394 e. The number of halogens is 1. The molecule has 2 nitrogen and oxygen atoms in total. The normalized spacial score (nSPS) is 15.3. The highest BCUT2D eigenvalue weighted by Gasteiger charge is 2.20. The largest absolute Gasteiger partial charge is 0.394 e. The van der Waals surface area contributed by atoms with E-state index < -0.39 is 5.54 Å². The van der Waals surface area contributed by atoms with E-state index in [1.54, 1.807) is 0 Å². The number of hydrogen-bond acceptors (Lipinski definition) is 2. The Kier molecular flexibility index (Phi) is 3.55. The summed E-state index contributed by atoms with van der Waals surface area (Å²) in [6.45, 7) is 5.93. The maximum atomic E-state index is 9.17. The lowest BCUT2D eigenvalue weighted by Crippen LogP contribution is -2.37. The van der Waals surface area contributed by atoms with E-state index in [1.807, 2.05) is 19.1 Å². The fourth-order valence-corrected chi connectivity index (χ4v) is 1.68. The molecule has 1 aromatic rings. The third-order valence-corrected chi connectivity index (χ3v) is 4.13. The Morgan fingerprint density at radius 1 is 1.36 bits per heavy atom. The van der Waals surface area contributed by atoms with Gasteiger partial charge in [0.05, 0.1) is 12.1 Å². The molecule has 0 aliphatic carbocycles. The molecular formula is C11H16INO. The van der Waals surface area contributed by atoms with Crippen LogP contribution in [0, 0.1) is 17.4 Å². The van der Waals surface area contributed by atoms with Crippen LogP contribution in [0.3, 0.4) is 0 Å². The van der Waals surface area contributed by atoms with Crippen molar-refractivity contribution >= 4 is 22.6 Å². The van der Waals surface area contributed by atoms with E-state index in [0.717, 1.165) is 5.56 Å². The molecule has 1 rings (SSSR count). The first-order valence-electron chi connectivity index (χ1n) is 4.55. The molecule has 1 atom stereocenters. The lowest BCUT2D eigenvalue weighted by molar-refractivity contribution is 0.210. The van der Waals surface area contributed by atoms with Crippen molar-refractivity contribution in [2.75, 3.05) is 6.61 Å². The van der Waals surface area contributed by atoms with Crippen molar-refractivity contribution in [3.8, 4) is 0 Å². The van der Waals surface area contributed by atoms with Crippen LogP contribution in [0.5, 0.6) is 0 Å². The van der Waals surface area contributed by atoms with Crippen LogP contribution >= 0.6 is 22.6 Å². The van der Waals surface area contributed by atoms with Gasteiger partial charge in [-0.3, -0.25) is 0 Å². The van der Waals surface area contributed by atoms with Gasteiger partial charge < -0.3 is 10.8 Å². The zero-order chi connectivity index (χ0) is 10.9. The van der Waals surface area contributed by atoms with Crippen LogP contribution in [0.15, 0.2) is 12.1 Å². The molecule has 0 spiro atoms. The number of aliphatic hydroxyl groups is 1. The number of rotatable bonds is 2. The standard InChI is InChI=1S/C11H16INO/c1-7-4-9(11(3,13)6-14)5-8(2)10(7)12/h4-5,14H,6,13H2,1-3H3. The van der Waals surface area contributed by atoms with Gasteiger partial charge in [-0.1, -0.05) is 12.1 Å². The first kappa shape index (κ1) is 11.9. The highest BCUT2D eigenvalue weighted by atomic mass is 127. The summed E-state index contributed by atoms with van der Waals surface area (Å²) in [7, 11) is 0. The van der Waals surface area contributed by atoms with E-state index in [2.05, 4.69) is 36.4 Å². The van der Waals surface area contributed by atoms with Crippen molar-refractivity contribution in [3.63, 3.8) is 0 Å². The van der Waals surface area contributed by atoms with Crippen LogP contribution in [0.4, 0.5) is 0 Å². The number of aryl methyl sites for hydroxylation is 2. The average Bonchev–Trinajstić information content (AvgIpc) is 2.13. The monoisotopic (exact) mass is 305 g/mol. The molecular weight excluding hydrogens is 289 g/mol. The molecule has 1 aromatic carbocycles. The van der Waals surface area contributed by atoms with Crippen molar-refractivity contribution in [2.24, 2.45) is 5.73 Å². The van der Waals surface area contributed by atoms with Crippen LogP contribution in [0.1, 0.15) is 23.6 Å². The number of aliphatic hydroxyl groups excluding tert-OH is 1. The van der Waals surface area contributed by atoms with Gasteiger partial charge in [0.1, 0.15) is 0 Å². The van der Waals surface area contributed by atoms with E-state index in [0.29, 0.717) is 0 Å². The quantitative estimate of drug-likeness (QED) is 0.822. The topological polar surface area (TPSA) is 46.2 Å². The van der Waals surface area contributed by atoms with Crippen LogP contribution < -0.4 is 5.73 Å². The van der Waals surface area contributed by atoms with Crippen LogP contribution in [0.2, 0.25) is 0 Å². The fraction of sp³-hybridized carbons (Fsp3) is 0.455. The van der Waals surface area contributed by atoms with Crippen molar-refractivity contribution in [1.29, 1.82) is 0 Å². The Bertz CT molecular complexity index is 324. The molecule has 0 saturated carbocycles. The lowest BCUT2D eigenvalue weighted by atomic mass is 9.91. The minimum atomic E-state index is -0.639. The third kappa shape index (κ3) is 2.27. The molecule has 0 heterocycles. The Balaban J connectivity index is 3.26. The molecule has 3 N–H and O–H groups in total. The maximum absolute atomic E-state index is 9.17. The Morgan fingerprint density at radius 2 is 1.79 bits per heavy atom. The number of hydrogen-bond donors (Lipinski definition) is 2. The summed E-state index contributed by atoms with van der Waals surface area (Å²) in [4.78, 5) is 0. The minimum absolute atomic E-state index is 0.0352. The molecule has 0 radical (unpaired) electrons. The molecule has 3 heteroatoms. The summed E-state index contributed by atoms with van der Waals surface area (Å²) in [6.07, 6.45) is 0. The van der Waals surface area contributed by atoms with E-state index >= 15 is 0 Å². The Labute approximate surface area is 98.7 Å². The van der Waals surface area contributed by atoms with E-state index in [1.165, 1.54) is 14.7 Å². The van der Waals surface area contributed by atoms with Gasteiger partial charge in [0.25, 0.3) is 0 Å². The maximum Gasteiger partial charge on any atom is 0.0650 e. The van der Waals surface area contributed by atoms with E-state index in [4.69, 9.17) is 5.73 Å². The molecule has 0 saturated heterocycles. The molecule has 78 valence electrons. The van der Waals surface area contributed by atoms with Gasteiger partial charge >= 0.3 is 0 Å². The lowest BCUT2D eigenvalue weighted by Gasteiger charge is -2.23. The van der Waals surface area contributed by atoms with Crippen molar-refractivity contribution in [2.45, 2.75) is 26.3 Å². The molecule has 0 amide bonds. The zero-order valence-electron chi connectivity index (χ0n) is 8.76. The van der Waals surface area contributed by atoms with E-state index in [-0.39, 0.29) is 6.61 Å². The van der Waals surface area contributed by atoms with Crippen LogP contribution in [-0.2, 0) is 5.54 Å². The fourth-order valence-electron chi connectivity index (χ4n) is 1.37. The zero-order valence-corrected chi connectivity index (χ0v) is 10.9. The highest BCUT2D eigenvalue weighted by Crippen LogP contribution is 2.24. The summed E-state index contributed by atoms with van der Waals surface area (Å²) in [6, 6.07) is 4.09. The summed E-state index contributed by atoms with van der Waals surface area (Å²) in [5.41, 5.74) is 8.76. The number of nitrogens with two attached hydrogens (primary N) is 1. The summed E-state index contributed by atoms with van der Waals surface area (Å²) in [5.74, 6) is 0. The van der Waals surface area contributed by atoms with Crippen LogP contribution in [0.25, 0.3) is 0 Å². The summed E-state index contributed by atoms with van der Waals surface area (Å²) < 4.78 is 1.26. The van der Waals surface area contributed by atoms with Crippen molar-refractivity contribution in [1.82, 2.24) is 0 Å². The Hall–Kier alpha value is -0.130. The van der Waals surface area contributed by atoms with Crippen LogP contribution in [-0.4, -0.2) is 11.7 Å². The molecule has 0 aromatic heterocycles. The predicted octanol–water partition coefficient (Wildman–Crippen LogP) is 2.07. The Morgan fingerprint density at radius 3 is 2.14 bits per heavy atom. The first-order chi connectivity index (χ1) is 6.38.